The van der Waals surface area contributed by atoms with Crippen LogP contribution in [0.5, 0.6) is 11.5 Å². The molecule has 3 rings (SSSR count). The van der Waals surface area contributed by atoms with Crippen molar-refractivity contribution in [3.05, 3.63) is 45.1 Å². The summed E-state index contributed by atoms with van der Waals surface area (Å²) in [5.41, 5.74) is 1.44. The van der Waals surface area contributed by atoms with Crippen LogP contribution in [0, 0.1) is 13.8 Å². The molecule has 2 aromatic rings. The van der Waals surface area contributed by atoms with Crippen LogP contribution in [0.2, 0.25) is 0 Å². The van der Waals surface area contributed by atoms with Crippen molar-refractivity contribution in [1.82, 2.24) is 4.90 Å². The van der Waals surface area contributed by atoms with Gasteiger partial charge in [0.15, 0.2) is 18.1 Å². The van der Waals surface area contributed by atoms with Gasteiger partial charge in [-0.15, -0.1) is 11.3 Å². The minimum Gasteiger partial charge on any atom is -0.486 e. The number of carbonyl (C=O) groups excluding carboxylic acids is 2. The number of fused-ring (bicyclic) bond motifs is 1. The van der Waals surface area contributed by atoms with Crippen molar-refractivity contribution < 1.29 is 23.8 Å². The number of carbonyl (C=O) groups is 2. The zero-order chi connectivity index (χ0) is 18.7. The summed E-state index contributed by atoms with van der Waals surface area (Å²) in [4.78, 5) is 27.8. The van der Waals surface area contributed by atoms with Gasteiger partial charge in [0.25, 0.3) is 5.91 Å². The largest absolute Gasteiger partial charge is 0.486 e. The van der Waals surface area contributed by atoms with Gasteiger partial charge in [0.1, 0.15) is 13.2 Å². The van der Waals surface area contributed by atoms with E-state index in [1.165, 1.54) is 16.2 Å². The van der Waals surface area contributed by atoms with Gasteiger partial charge in [0.05, 0.1) is 5.56 Å². The normalized spacial score (nSPS) is 12.6. The molecular formula is C19H21NO5S. The summed E-state index contributed by atoms with van der Waals surface area (Å²) in [6.07, 6.45) is 0. The average molecular weight is 375 g/mol. The fraction of sp³-hybridized carbons (Fsp3) is 0.368. The highest BCUT2D eigenvalue weighted by atomic mass is 32.1. The molecule has 0 N–H and O–H groups in total. The maximum Gasteiger partial charge on any atom is 0.339 e. The van der Waals surface area contributed by atoms with E-state index in [9.17, 15) is 9.59 Å². The van der Waals surface area contributed by atoms with Crippen LogP contribution in [0.1, 0.15) is 25.7 Å². The number of esters is 1. The van der Waals surface area contributed by atoms with Gasteiger partial charge in [-0.3, -0.25) is 4.79 Å². The Kier molecular flexibility index (Phi) is 5.46. The second kappa shape index (κ2) is 7.78. The molecule has 0 saturated carbocycles. The Morgan fingerprint density at radius 1 is 1.15 bits per heavy atom. The van der Waals surface area contributed by atoms with E-state index >= 15 is 0 Å². The smallest absolute Gasteiger partial charge is 0.339 e. The SMILES string of the molecule is Cc1cc(C(=O)OCC(=O)N(C)Cc2ccc3c(c2)OCCO3)c(C)s1. The Bertz CT molecular complexity index is 829. The number of thiophene rings is 1. The number of likely N-dealkylation sites (N-methyl/N-ethyl adjacent to an activating group) is 1. The van der Waals surface area contributed by atoms with Gasteiger partial charge < -0.3 is 19.1 Å². The van der Waals surface area contributed by atoms with Crippen molar-refractivity contribution >= 4 is 23.2 Å². The standard InChI is InChI=1S/C19H21NO5S/c1-12-8-15(13(2)26-12)19(22)25-11-18(21)20(3)10-14-4-5-16-17(9-14)24-7-6-23-16/h4-5,8-9H,6-7,10-11H2,1-3H3. The Hall–Kier alpha value is -2.54. The molecule has 0 atom stereocenters. The topological polar surface area (TPSA) is 65.1 Å². The van der Waals surface area contributed by atoms with E-state index in [4.69, 9.17) is 14.2 Å². The van der Waals surface area contributed by atoms with Crippen LogP contribution in [0.25, 0.3) is 0 Å². The van der Waals surface area contributed by atoms with Gasteiger partial charge in [-0.05, 0) is 37.6 Å². The quantitative estimate of drug-likeness (QED) is 0.752. The van der Waals surface area contributed by atoms with Crippen molar-refractivity contribution in [3.8, 4) is 11.5 Å². The number of nitrogens with zero attached hydrogens (tertiary/aromatic N) is 1. The molecule has 2 heterocycles. The summed E-state index contributed by atoms with van der Waals surface area (Å²) in [6.45, 7) is 4.96. The maximum absolute atomic E-state index is 12.3. The lowest BCUT2D eigenvalue weighted by atomic mass is 10.2. The Balaban J connectivity index is 1.54. The third-order valence-electron chi connectivity index (χ3n) is 4.04. The number of aryl methyl sites for hydroxylation is 2. The molecule has 138 valence electrons. The van der Waals surface area contributed by atoms with Crippen molar-refractivity contribution in [1.29, 1.82) is 0 Å². The summed E-state index contributed by atoms with van der Waals surface area (Å²) < 4.78 is 16.2. The van der Waals surface area contributed by atoms with E-state index in [-0.39, 0.29) is 12.5 Å². The number of ether oxygens (including phenoxy) is 3. The first-order valence-electron chi connectivity index (χ1n) is 8.30. The van der Waals surface area contributed by atoms with Crippen molar-refractivity contribution in [2.45, 2.75) is 20.4 Å². The van der Waals surface area contributed by atoms with Gasteiger partial charge in [0.2, 0.25) is 0 Å². The highest BCUT2D eigenvalue weighted by molar-refractivity contribution is 7.12. The molecule has 1 aromatic carbocycles. The monoisotopic (exact) mass is 375 g/mol. The molecule has 1 amide bonds. The minimum atomic E-state index is -0.465. The van der Waals surface area contributed by atoms with E-state index in [1.807, 2.05) is 32.0 Å². The molecule has 0 fully saturated rings. The number of amides is 1. The van der Waals surface area contributed by atoms with Crippen LogP contribution in [-0.2, 0) is 16.1 Å². The molecule has 6 nitrogen and oxygen atoms in total. The van der Waals surface area contributed by atoms with Crippen LogP contribution in [0.15, 0.2) is 24.3 Å². The summed E-state index contributed by atoms with van der Waals surface area (Å²) in [7, 11) is 1.67. The first-order chi connectivity index (χ1) is 12.4. The highest BCUT2D eigenvalue weighted by Gasteiger charge is 2.18. The number of hydrogen-bond acceptors (Lipinski definition) is 6. The number of benzene rings is 1. The summed E-state index contributed by atoms with van der Waals surface area (Å²) in [6, 6.07) is 7.37. The molecule has 0 saturated heterocycles. The van der Waals surface area contributed by atoms with E-state index in [0.717, 1.165) is 15.3 Å². The zero-order valence-electron chi connectivity index (χ0n) is 15.0. The summed E-state index contributed by atoms with van der Waals surface area (Å²) in [5, 5.41) is 0. The predicted octanol–water partition coefficient (Wildman–Crippen LogP) is 2.95. The van der Waals surface area contributed by atoms with E-state index in [2.05, 4.69) is 0 Å². The van der Waals surface area contributed by atoms with Crippen molar-refractivity contribution in [3.63, 3.8) is 0 Å². The lowest BCUT2D eigenvalue weighted by Gasteiger charge is -2.21. The van der Waals surface area contributed by atoms with Gasteiger partial charge in [-0.1, -0.05) is 6.07 Å². The fourth-order valence-electron chi connectivity index (χ4n) is 2.70. The second-order valence-electron chi connectivity index (χ2n) is 6.13. The van der Waals surface area contributed by atoms with Crippen molar-refractivity contribution in [2.24, 2.45) is 0 Å². The fourth-order valence-corrected chi connectivity index (χ4v) is 3.61. The third kappa shape index (κ3) is 4.16. The average Bonchev–Trinajstić information content (AvgIpc) is 2.97. The lowest BCUT2D eigenvalue weighted by Crippen LogP contribution is -2.31. The third-order valence-corrected chi connectivity index (χ3v) is 5.01. The van der Waals surface area contributed by atoms with Crippen molar-refractivity contribution in [2.75, 3.05) is 26.9 Å². The predicted molar refractivity (Wildman–Crippen MR) is 98.0 cm³/mol. The second-order valence-corrected chi connectivity index (χ2v) is 7.59. The van der Waals surface area contributed by atoms with Gasteiger partial charge in [0, 0.05) is 23.3 Å². The number of hydrogen-bond donors (Lipinski definition) is 0. The van der Waals surface area contributed by atoms with Gasteiger partial charge in [-0.25, -0.2) is 4.79 Å². The highest BCUT2D eigenvalue weighted by Crippen LogP contribution is 2.31. The van der Waals surface area contributed by atoms with Gasteiger partial charge >= 0.3 is 5.97 Å². The van der Waals surface area contributed by atoms with Crippen LogP contribution in [-0.4, -0.2) is 43.6 Å². The summed E-state index contributed by atoms with van der Waals surface area (Å²) in [5.74, 6) is 0.666. The van der Waals surface area contributed by atoms with Gasteiger partial charge in [-0.2, -0.15) is 0 Å². The molecule has 1 aliphatic heterocycles. The molecular weight excluding hydrogens is 354 g/mol. The first kappa shape index (κ1) is 18.3. The van der Waals surface area contributed by atoms with Crippen LogP contribution >= 0.6 is 11.3 Å². The van der Waals surface area contributed by atoms with Crippen LogP contribution in [0.4, 0.5) is 0 Å². The first-order valence-corrected chi connectivity index (χ1v) is 9.12. The Labute approximate surface area is 156 Å². The minimum absolute atomic E-state index is 0.266. The zero-order valence-corrected chi connectivity index (χ0v) is 15.9. The molecule has 0 bridgehead atoms. The maximum atomic E-state index is 12.3. The molecule has 0 spiro atoms. The molecule has 1 aliphatic rings. The van der Waals surface area contributed by atoms with Crippen LogP contribution in [0.3, 0.4) is 0 Å². The summed E-state index contributed by atoms with van der Waals surface area (Å²) >= 11 is 1.53. The Morgan fingerprint density at radius 2 is 1.88 bits per heavy atom. The number of rotatable bonds is 5. The van der Waals surface area contributed by atoms with E-state index in [0.29, 0.717) is 36.8 Å². The molecule has 7 heteroatoms. The molecule has 0 radical (unpaired) electrons. The molecule has 26 heavy (non-hydrogen) atoms. The van der Waals surface area contributed by atoms with Crippen LogP contribution < -0.4 is 9.47 Å². The van der Waals surface area contributed by atoms with E-state index in [1.54, 1.807) is 13.1 Å². The molecule has 0 unspecified atom stereocenters. The molecule has 1 aromatic heterocycles. The van der Waals surface area contributed by atoms with E-state index < -0.39 is 5.97 Å². The lowest BCUT2D eigenvalue weighted by molar-refractivity contribution is -0.133. The Morgan fingerprint density at radius 3 is 2.58 bits per heavy atom. The molecule has 0 aliphatic carbocycles.